The number of alkyl halides is 3. The SMILES string of the molecule is N#Cc1ccc(COc2c(I)cc(C=NNC(=O)CCC(=O)Nc3cccc(C(F)(F)F)c3)cc2I)cc1. The number of benzene rings is 3. The molecule has 0 atom stereocenters. The predicted molar refractivity (Wildman–Crippen MR) is 152 cm³/mol. The number of hydrogen-bond acceptors (Lipinski definition) is 5. The third-order valence-electron chi connectivity index (χ3n) is 4.94. The summed E-state index contributed by atoms with van der Waals surface area (Å²) in [6.07, 6.45) is -3.48. The molecule has 0 fully saturated rings. The van der Waals surface area contributed by atoms with Crippen molar-refractivity contribution in [1.29, 1.82) is 5.26 Å². The van der Waals surface area contributed by atoms with Crippen molar-refractivity contribution in [3.63, 3.8) is 0 Å². The van der Waals surface area contributed by atoms with Gasteiger partial charge in [-0.1, -0.05) is 18.2 Å². The average molecular weight is 746 g/mol. The molecule has 0 saturated heterocycles. The number of hydrogen-bond donors (Lipinski definition) is 2. The number of rotatable bonds is 9. The number of nitriles is 1. The summed E-state index contributed by atoms with van der Waals surface area (Å²) in [4.78, 5) is 24.0. The number of nitrogens with zero attached hydrogens (tertiary/aromatic N) is 2. The van der Waals surface area contributed by atoms with Crippen molar-refractivity contribution in [3.8, 4) is 11.8 Å². The zero-order valence-corrected chi connectivity index (χ0v) is 23.8. The molecule has 196 valence electrons. The summed E-state index contributed by atoms with van der Waals surface area (Å²) in [5.74, 6) is -0.417. The number of anilines is 1. The molecule has 7 nitrogen and oxygen atoms in total. The van der Waals surface area contributed by atoms with Gasteiger partial charge in [-0.3, -0.25) is 9.59 Å². The molecule has 3 aromatic carbocycles. The number of nitrogens with one attached hydrogen (secondary N) is 2. The maximum absolute atomic E-state index is 12.8. The first-order valence-electron chi connectivity index (χ1n) is 10.9. The maximum Gasteiger partial charge on any atom is 0.416 e. The fraction of sp³-hybridized carbons (Fsp3) is 0.154. The van der Waals surface area contributed by atoms with Gasteiger partial charge in [-0.25, -0.2) is 5.43 Å². The minimum Gasteiger partial charge on any atom is -0.487 e. The Labute approximate surface area is 243 Å². The van der Waals surface area contributed by atoms with Gasteiger partial charge in [0.15, 0.2) is 0 Å². The molecule has 0 bridgehead atoms. The fourth-order valence-corrected chi connectivity index (χ4v) is 5.21. The second-order valence-corrected chi connectivity index (χ2v) is 10.2. The van der Waals surface area contributed by atoms with Crippen LogP contribution in [0, 0.1) is 18.5 Å². The first-order chi connectivity index (χ1) is 18.0. The van der Waals surface area contributed by atoms with E-state index in [9.17, 15) is 22.8 Å². The molecule has 0 aliphatic rings. The van der Waals surface area contributed by atoms with Gasteiger partial charge < -0.3 is 10.1 Å². The monoisotopic (exact) mass is 746 g/mol. The van der Waals surface area contributed by atoms with Gasteiger partial charge in [0.25, 0.3) is 0 Å². The van der Waals surface area contributed by atoms with Crippen molar-refractivity contribution < 1.29 is 27.5 Å². The molecular weight excluding hydrogens is 727 g/mol. The molecule has 0 saturated carbocycles. The summed E-state index contributed by atoms with van der Waals surface area (Å²) in [6, 6.07) is 17.1. The van der Waals surface area contributed by atoms with Gasteiger partial charge in [0.2, 0.25) is 11.8 Å². The summed E-state index contributed by atoms with van der Waals surface area (Å²) in [5.41, 5.74) is 3.67. The van der Waals surface area contributed by atoms with Crippen LogP contribution in [0.2, 0.25) is 0 Å². The highest BCUT2D eigenvalue weighted by Gasteiger charge is 2.30. The molecule has 2 amide bonds. The average Bonchev–Trinajstić information content (AvgIpc) is 2.87. The van der Waals surface area contributed by atoms with Gasteiger partial charge >= 0.3 is 6.18 Å². The molecule has 2 N–H and O–H groups in total. The standard InChI is InChI=1S/C26H19F3I2N4O3/c27-26(28,29)19-2-1-3-20(12-19)34-23(36)8-9-24(37)35-33-14-18-10-21(30)25(22(31)11-18)38-15-17-6-4-16(13-32)5-7-17/h1-7,10-12,14H,8-9,15H2,(H,34,36)(H,35,37). The highest BCUT2D eigenvalue weighted by atomic mass is 127. The van der Waals surface area contributed by atoms with Gasteiger partial charge in [-0.2, -0.15) is 23.5 Å². The Kier molecular flexibility index (Phi) is 10.5. The first kappa shape index (κ1) is 29.4. The van der Waals surface area contributed by atoms with Crippen LogP contribution in [0.15, 0.2) is 65.8 Å². The number of amides is 2. The summed E-state index contributed by atoms with van der Waals surface area (Å²) >= 11 is 4.28. The molecule has 12 heteroatoms. The minimum absolute atomic E-state index is 0.00297. The summed E-state index contributed by atoms with van der Waals surface area (Å²) in [6.45, 7) is 0.336. The first-order valence-corrected chi connectivity index (χ1v) is 13.1. The van der Waals surface area contributed by atoms with Gasteiger partial charge in [0, 0.05) is 18.5 Å². The van der Waals surface area contributed by atoms with E-state index in [-0.39, 0.29) is 18.5 Å². The van der Waals surface area contributed by atoms with E-state index in [1.807, 2.05) is 24.3 Å². The molecule has 3 rings (SSSR count). The summed E-state index contributed by atoms with van der Waals surface area (Å²) < 4.78 is 46.0. The van der Waals surface area contributed by atoms with Crippen LogP contribution in [0.3, 0.4) is 0 Å². The van der Waals surface area contributed by atoms with E-state index in [0.29, 0.717) is 23.5 Å². The molecule has 0 radical (unpaired) electrons. The molecule has 0 spiro atoms. The maximum atomic E-state index is 12.8. The lowest BCUT2D eigenvalue weighted by Crippen LogP contribution is -2.20. The van der Waals surface area contributed by atoms with Crippen LogP contribution in [0.25, 0.3) is 0 Å². The van der Waals surface area contributed by atoms with E-state index in [2.05, 4.69) is 67.1 Å². The third-order valence-corrected chi connectivity index (χ3v) is 6.55. The van der Waals surface area contributed by atoms with Gasteiger partial charge in [-0.05, 0) is 98.8 Å². The van der Waals surface area contributed by atoms with Crippen molar-refractivity contribution in [2.24, 2.45) is 5.10 Å². The number of carbonyl (C=O) groups is 2. The molecule has 0 heterocycles. The van der Waals surface area contributed by atoms with Crippen LogP contribution >= 0.6 is 45.2 Å². The van der Waals surface area contributed by atoms with Crippen molar-refractivity contribution in [3.05, 3.63) is 90.1 Å². The molecule has 0 aromatic heterocycles. The van der Waals surface area contributed by atoms with Gasteiger partial charge in [-0.15, -0.1) is 0 Å². The van der Waals surface area contributed by atoms with Crippen molar-refractivity contribution in [2.75, 3.05) is 5.32 Å². The topological polar surface area (TPSA) is 104 Å². The van der Waals surface area contributed by atoms with Crippen molar-refractivity contribution in [2.45, 2.75) is 25.6 Å². The fourth-order valence-electron chi connectivity index (χ4n) is 3.08. The van der Waals surface area contributed by atoms with E-state index in [4.69, 9.17) is 10.00 Å². The predicted octanol–water partition coefficient (Wildman–Crippen LogP) is 6.23. The molecular formula is C26H19F3I2N4O3. The normalized spacial score (nSPS) is 11.2. The van der Waals surface area contributed by atoms with Crippen LogP contribution in [0.5, 0.6) is 5.75 Å². The highest BCUT2D eigenvalue weighted by Crippen LogP contribution is 2.31. The molecule has 0 aliphatic carbocycles. The Morgan fingerprint density at radius 2 is 1.66 bits per heavy atom. The molecule has 0 unspecified atom stereocenters. The Balaban J connectivity index is 1.48. The van der Waals surface area contributed by atoms with E-state index in [1.54, 1.807) is 12.1 Å². The van der Waals surface area contributed by atoms with Crippen LogP contribution < -0.4 is 15.5 Å². The lowest BCUT2D eigenvalue weighted by Gasteiger charge is -2.11. The van der Waals surface area contributed by atoms with Crippen molar-refractivity contribution in [1.82, 2.24) is 5.43 Å². The number of carbonyl (C=O) groups excluding carboxylic acids is 2. The second-order valence-electron chi connectivity index (χ2n) is 7.83. The van der Waals surface area contributed by atoms with Crippen LogP contribution in [0.1, 0.15) is 35.1 Å². The van der Waals surface area contributed by atoms with Crippen LogP contribution in [-0.4, -0.2) is 18.0 Å². The highest BCUT2D eigenvalue weighted by molar-refractivity contribution is 14.1. The number of halogens is 5. The van der Waals surface area contributed by atoms with Gasteiger partial charge in [0.05, 0.1) is 30.6 Å². The van der Waals surface area contributed by atoms with Crippen LogP contribution in [-0.2, 0) is 22.4 Å². The number of ether oxygens (including phenoxy) is 1. The Morgan fingerprint density at radius 1 is 1.00 bits per heavy atom. The van der Waals surface area contributed by atoms with Crippen molar-refractivity contribution >= 4 is 68.9 Å². The minimum atomic E-state index is -4.52. The van der Waals surface area contributed by atoms with Gasteiger partial charge in [0.1, 0.15) is 12.4 Å². The second kappa shape index (κ2) is 13.6. The smallest absolute Gasteiger partial charge is 0.416 e. The third kappa shape index (κ3) is 8.98. The molecule has 0 aliphatic heterocycles. The Bertz CT molecular complexity index is 1360. The summed E-state index contributed by atoms with van der Waals surface area (Å²) in [7, 11) is 0. The molecule has 3 aromatic rings. The lowest BCUT2D eigenvalue weighted by molar-refractivity contribution is -0.137. The Morgan fingerprint density at radius 3 is 2.29 bits per heavy atom. The lowest BCUT2D eigenvalue weighted by atomic mass is 10.1. The zero-order chi connectivity index (χ0) is 27.7. The zero-order valence-electron chi connectivity index (χ0n) is 19.5. The van der Waals surface area contributed by atoms with Crippen LogP contribution in [0.4, 0.5) is 18.9 Å². The van der Waals surface area contributed by atoms with E-state index >= 15 is 0 Å². The largest absolute Gasteiger partial charge is 0.487 e. The quantitative estimate of drug-likeness (QED) is 0.154. The Hall–Kier alpha value is -3.19. The summed E-state index contributed by atoms with van der Waals surface area (Å²) in [5, 5.41) is 15.2. The van der Waals surface area contributed by atoms with E-state index < -0.39 is 23.6 Å². The molecule has 38 heavy (non-hydrogen) atoms. The van der Waals surface area contributed by atoms with E-state index in [1.165, 1.54) is 18.3 Å². The number of hydrazone groups is 1. The van der Waals surface area contributed by atoms with E-state index in [0.717, 1.165) is 24.8 Å².